The van der Waals surface area contributed by atoms with Crippen molar-refractivity contribution in [1.82, 2.24) is 0 Å². The summed E-state index contributed by atoms with van der Waals surface area (Å²) in [6.07, 6.45) is 4.83. The molecule has 0 saturated carbocycles. The summed E-state index contributed by atoms with van der Waals surface area (Å²) in [7, 11) is -0.786. The van der Waals surface area contributed by atoms with Gasteiger partial charge in [0.15, 0.2) is 0 Å². The fraction of sp³-hybridized carbons (Fsp3) is 0.500. The third-order valence-electron chi connectivity index (χ3n) is 2.88. The molecule has 0 unspecified atom stereocenters. The van der Waals surface area contributed by atoms with Gasteiger partial charge in [0.05, 0.1) is 6.23 Å². The van der Waals surface area contributed by atoms with Crippen LogP contribution in [0.4, 0.5) is 0 Å². The van der Waals surface area contributed by atoms with Crippen molar-refractivity contribution in [3.63, 3.8) is 0 Å². The van der Waals surface area contributed by atoms with Gasteiger partial charge in [0, 0.05) is 13.2 Å². The smallest absolute Gasteiger partial charge is 0.238 e. The molecule has 3 heteroatoms. The Morgan fingerprint density at radius 3 is 2.84 bits per heavy atom. The Bertz CT molecular complexity index is 366. The van der Waals surface area contributed by atoms with Crippen LogP contribution in [0.2, 0.25) is 6.04 Å². The van der Waals surface area contributed by atoms with Crippen molar-refractivity contribution in [1.29, 1.82) is 0 Å². The Morgan fingerprint density at radius 1 is 1.32 bits per heavy atom. The first kappa shape index (κ1) is 16.2. The van der Waals surface area contributed by atoms with Crippen LogP contribution in [0.3, 0.4) is 0 Å². The molecule has 0 atom stereocenters. The molecule has 1 radical (unpaired) electrons. The molecule has 0 aromatic heterocycles. The molecule has 0 aliphatic rings. The van der Waals surface area contributed by atoms with Crippen molar-refractivity contribution >= 4 is 15.1 Å². The van der Waals surface area contributed by atoms with Crippen LogP contribution in [0, 0.1) is 0 Å². The van der Waals surface area contributed by atoms with Gasteiger partial charge < -0.3 is 9.16 Å². The summed E-state index contributed by atoms with van der Waals surface area (Å²) >= 11 is 0. The minimum atomic E-state index is -0.786. The van der Waals surface area contributed by atoms with Gasteiger partial charge >= 0.3 is 0 Å². The molecule has 19 heavy (non-hydrogen) atoms. The van der Waals surface area contributed by atoms with Crippen LogP contribution >= 0.6 is 0 Å². The van der Waals surface area contributed by atoms with E-state index in [9.17, 15) is 0 Å². The van der Waals surface area contributed by atoms with E-state index in [1.165, 1.54) is 17.5 Å². The summed E-state index contributed by atoms with van der Waals surface area (Å²) in [4.78, 5) is 0. The highest BCUT2D eigenvalue weighted by Gasteiger charge is 2.12. The van der Waals surface area contributed by atoms with Crippen molar-refractivity contribution in [2.45, 2.75) is 32.7 Å². The van der Waals surface area contributed by atoms with Gasteiger partial charge in [0.25, 0.3) is 0 Å². The highest BCUT2D eigenvalue weighted by atomic mass is 28.3. The fourth-order valence-electron chi connectivity index (χ4n) is 1.87. The Kier molecular flexibility index (Phi) is 8.46. The van der Waals surface area contributed by atoms with Gasteiger partial charge in [0.2, 0.25) is 9.04 Å². The van der Waals surface area contributed by atoms with Gasteiger partial charge in [-0.2, -0.15) is 0 Å². The van der Waals surface area contributed by atoms with Crippen molar-refractivity contribution < 1.29 is 9.16 Å². The van der Waals surface area contributed by atoms with E-state index in [1.54, 1.807) is 0 Å². The Balaban J connectivity index is 2.35. The minimum Gasteiger partial charge on any atom is -0.414 e. The summed E-state index contributed by atoms with van der Waals surface area (Å²) in [5.74, 6) is 0. The van der Waals surface area contributed by atoms with E-state index >= 15 is 0 Å². The van der Waals surface area contributed by atoms with E-state index in [0.717, 1.165) is 31.9 Å². The van der Waals surface area contributed by atoms with Crippen LogP contribution in [0.5, 0.6) is 0 Å². The van der Waals surface area contributed by atoms with E-state index in [1.807, 2.05) is 13.0 Å². The normalized spacial score (nSPS) is 10.9. The van der Waals surface area contributed by atoms with Crippen LogP contribution in [0.15, 0.2) is 30.8 Å². The lowest BCUT2D eigenvalue weighted by Crippen LogP contribution is -2.26. The molecule has 1 aromatic carbocycles. The number of hydrogen-bond donors (Lipinski definition) is 0. The predicted molar refractivity (Wildman–Crippen MR) is 83.5 cm³/mol. The zero-order chi connectivity index (χ0) is 13.9. The molecule has 0 bridgehead atoms. The summed E-state index contributed by atoms with van der Waals surface area (Å²) < 4.78 is 11.5. The molecular weight excluding hydrogens is 252 g/mol. The minimum absolute atomic E-state index is 0.780. The molecule has 0 aliphatic heterocycles. The first-order chi connectivity index (χ1) is 9.30. The van der Waals surface area contributed by atoms with Gasteiger partial charge in [-0.3, -0.25) is 0 Å². The molecule has 105 valence electrons. The average molecular weight is 277 g/mol. The number of ether oxygens (including phenoxy) is 1. The maximum atomic E-state index is 6.01. The summed E-state index contributed by atoms with van der Waals surface area (Å²) in [5.41, 5.74) is 2.48. The lowest BCUT2D eigenvalue weighted by atomic mass is 10.1. The van der Waals surface area contributed by atoms with Gasteiger partial charge in [-0.05, 0) is 30.5 Å². The van der Waals surface area contributed by atoms with Crippen molar-refractivity contribution in [2.24, 2.45) is 0 Å². The molecule has 1 aromatic rings. The highest BCUT2D eigenvalue weighted by Crippen LogP contribution is 2.08. The third-order valence-corrected chi connectivity index (χ3v) is 5.08. The van der Waals surface area contributed by atoms with E-state index in [2.05, 4.69) is 37.8 Å². The lowest BCUT2D eigenvalue weighted by molar-refractivity contribution is 0.171. The van der Waals surface area contributed by atoms with E-state index in [0.29, 0.717) is 0 Å². The molecule has 0 N–H and O–H groups in total. The molecule has 0 amide bonds. The SMILES string of the molecule is C=Cc1cccc(CCO[Si](CCC)COCC)c1. The Morgan fingerprint density at radius 2 is 2.16 bits per heavy atom. The van der Waals surface area contributed by atoms with Gasteiger partial charge in [-0.25, -0.2) is 0 Å². The van der Waals surface area contributed by atoms with E-state index in [-0.39, 0.29) is 0 Å². The van der Waals surface area contributed by atoms with E-state index < -0.39 is 9.04 Å². The summed E-state index contributed by atoms with van der Waals surface area (Å²) in [5, 5.41) is 0. The fourth-order valence-corrected chi connectivity index (χ4v) is 3.62. The topological polar surface area (TPSA) is 18.5 Å². The van der Waals surface area contributed by atoms with E-state index in [4.69, 9.17) is 9.16 Å². The van der Waals surface area contributed by atoms with Crippen LogP contribution < -0.4 is 0 Å². The molecule has 0 fully saturated rings. The van der Waals surface area contributed by atoms with Gasteiger partial charge in [-0.15, -0.1) is 0 Å². The van der Waals surface area contributed by atoms with Crippen molar-refractivity contribution in [3.8, 4) is 0 Å². The Labute approximate surface area is 119 Å². The maximum absolute atomic E-state index is 6.01. The number of benzene rings is 1. The summed E-state index contributed by atoms with van der Waals surface area (Å²) in [6.45, 7) is 9.61. The zero-order valence-corrected chi connectivity index (χ0v) is 13.2. The molecule has 0 spiro atoms. The highest BCUT2D eigenvalue weighted by molar-refractivity contribution is 6.51. The van der Waals surface area contributed by atoms with Crippen molar-refractivity contribution in [2.75, 3.05) is 19.4 Å². The lowest BCUT2D eigenvalue weighted by Gasteiger charge is -2.14. The average Bonchev–Trinajstić information content (AvgIpc) is 2.45. The van der Waals surface area contributed by atoms with Crippen LogP contribution in [-0.4, -0.2) is 28.5 Å². The van der Waals surface area contributed by atoms with Gasteiger partial charge in [-0.1, -0.05) is 50.3 Å². The third kappa shape index (κ3) is 6.71. The quantitative estimate of drug-likeness (QED) is 0.605. The largest absolute Gasteiger partial charge is 0.414 e. The second kappa shape index (κ2) is 9.95. The predicted octanol–water partition coefficient (Wildman–Crippen LogP) is 3.87. The van der Waals surface area contributed by atoms with Crippen LogP contribution in [-0.2, 0) is 15.6 Å². The monoisotopic (exact) mass is 277 g/mol. The first-order valence-corrected chi connectivity index (χ1v) is 8.89. The number of rotatable bonds is 10. The van der Waals surface area contributed by atoms with Gasteiger partial charge in [0.1, 0.15) is 0 Å². The second-order valence-electron chi connectivity index (χ2n) is 4.47. The zero-order valence-electron chi connectivity index (χ0n) is 12.2. The summed E-state index contributed by atoms with van der Waals surface area (Å²) in [6, 6.07) is 9.62. The second-order valence-corrected chi connectivity index (χ2v) is 6.63. The number of hydrogen-bond acceptors (Lipinski definition) is 2. The molecular formula is C16H25O2Si. The standard InChI is InChI=1S/C16H25O2Si/c1-4-12-19(14-17-6-3)18-11-10-16-9-7-8-15(5-2)13-16/h5,7-9,13H,2,4,6,10-12,14H2,1,3H3. The first-order valence-electron chi connectivity index (χ1n) is 7.06. The molecule has 0 heterocycles. The molecule has 2 nitrogen and oxygen atoms in total. The molecule has 0 saturated heterocycles. The molecule has 1 rings (SSSR count). The maximum Gasteiger partial charge on any atom is 0.238 e. The van der Waals surface area contributed by atoms with Crippen molar-refractivity contribution in [3.05, 3.63) is 42.0 Å². The van der Waals surface area contributed by atoms with Crippen LogP contribution in [0.1, 0.15) is 31.4 Å². The molecule has 0 aliphatic carbocycles. The van der Waals surface area contributed by atoms with Crippen LogP contribution in [0.25, 0.3) is 6.08 Å². The Hall–Kier alpha value is -0.903.